The van der Waals surface area contributed by atoms with E-state index in [0.29, 0.717) is 0 Å². The lowest BCUT2D eigenvalue weighted by molar-refractivity contribution is -0.184. The first kappa shape index (κ1) is 11.5. The van der Waals surface area contributed by atoms with Crippen LogP contribution in [0.4, 0.5) is 0 Å². The van der Waals surface area contributed by atoms with Crippen LogP contribution in [-0.4, -0.2) is 23.5 Å². The maximum atomic E-state index is 11.2. The minimum atomic E-state index is -0.261. The Labute approximate surface area is 99.4 Å². The number of hydroxylamine groups is 2. The highest BCUT2D eigenvalue weighted by molar-refractivity contribution is 6.00. The summed E-state index contributed by atoms with van der Waals surface area (Å²) in [5, 5.41) is 0.856. The van der Waals surface area contributed by atoms with Crippen LogP contribution in [0, 0.1) is 0 Å². The summed E-state index contributed by atoms with van der Waals surface area (Å²) in [6, 6.07) is 9.74. The summed E-state index contributed by atoms with van der Waals surface area (Å²) in [5.41, 5.74) is 1.05. The Kier molecular flexibility index (Phi) is 3.67. The monoisotopic (exact) mass is 231 g/mol. The minimum absolute atomic E-state index is 0.215. The molecule has 0 saturated carbocycles. The molecule has 17 heavy (non-hydrogen) atoms. The quantitative estimate of drug-likeness (QED) is 0.742. The molecule has 1 heterocycles. The average molecular weight is 231 g/mol. The van der Waals surface area contributed by atoms with Gasteiger partial charge in [0.25, 0.3) is 11.8 Å². The Hall–Kier alpha value is -1.94. The number of hydrogen-bond acceptors (Lipinski definition) is 3. The fourth-order valence-electron chi connectivity index (χ4n) is 1.57. The molecule has 0 bridgehead atoms. The van der Waals surface area contributed by atoms with Crippen LogP contribution in [0.15, 0.2) is 36.4 Å². The van der Waals surface area contributed by atoms with E-state index >= 15 is 0 Å². The van der Waals surface area contributed by atoms with E-state index in [4.69, 9.17) is 4.84 Å². The van der Waals surface area contributed by atoms with Gasteiger partial charge in [0.2, 0.25) is 0 Å². The Morgan fingerprint density at radius 1 is 1.12 bits per heavy atom. The second-order valence-corrected chi connectivity index (χ2v) is 3.69. The van der Waals surface area contributed by atoms with Gasteiger partial charge >= 0.3 is 0 Å². The van der Waals surface area contributed by atoms with E-state index in [-0.39, 0.29) is 31.3 Å². The minimum Gasteiger partial charge on any atom is -0.272 e. The number of rotatable bonds is 4. The summed E-state index contributed by atoms with van der Waals surface area (Å²) >= 11 is 0. The summed E-state index contributed by atoms with van der Waals surface area (Å²) in [6.07, 6.45) is 4.15. The van der Waals surface area contributed by atoms with Gasteiger partial charge in [0.1, 0.15) is 0 Å². The van der Waals surface area contributed by atoms with Crippen molar-refractivity contribution in [2.24, 2.45) is 0 Å². The third-order valence-electron chi connectivity index (χ3n) is 2.42. The molecule has 0 radical (unpaired) electrons. The molecule has 1 aliphatic heterocycles. The lowest BCUT2D eigenvalue weighted by Crippen LogP contribution is -2.29. The van der Waals surface area contributed by atoms with Crippen LogP contribution >= 0.6 is 0 Å². The van der Waals surface area contributed by atoms with Crippen molar-refractivity contribution in [1.29, 1.82) is 0 Å². The number of amides is 2. The molecule has 0 aromatic heterocycles. The van der Waals surface area contributed by atoms with Crippen LogP contribution in [0.3, 0.4) is 0 Å². The highest BCUT2D eigenvalue weighted by Gasteiger charge is 2.29. The molecule has 88 valence electrons. The smallest absolute Gasteiger partial charge is 0.254 e. The summed E-state index contributed by atoms with van der Waals surface area (Å²) in [7, 11) is 0. The van der Waals surface area contributed by atoms with Crippen molar-refractivity contribution in [3.05, 3.63) is 42.0 Å². The first-order valence-corrected chi connectivity index (χ1v) is 5.47. The Morgan fingerprint density at radius 3 is 2.41 bits per heavy atom. The molecule has 2 amide bonds. The van der Waals surface area contributed by atoms with Gasteiger partial charge < -0.3 is 0 Å². The van der Waals surface area contributed by atoms with Crippen molar-refractivity contribution >= 4 is 17.9 Å². The first-order valence-electron chi connectivity index (χ1n) is 5.47. The molecule has 1 saturated heterocycles. The lowest BCUT2D eigenvalue weighted by Gasteiger charge is -2.10. The molecule has 4 nitrogen and oxygen atoms in total. The van der Waals surface area contributed by atoms with Crippen molar-refractivity contribution in [3.8, 4) is 0 Å². The predicted molar refractivity (Wildman–Crippen MR) is 62.5 cm³/mol. The average Bonchev–Trinajstić information content (AvgIpc) is 2.67. The normalized spacial score (nSPS) is 16.1. The molecule has 0 unspecified atom stereocenters. The highest BCUT2D eigenvalue weighted by Crippen LogP contribution is 2.11. The van der Waals surface area contributed by atoms with Gasteiger partial charge in [0.15, 0.2) is 0 Å². The van der Waals surface area contributed by atoms with Crippen molar-refractivity contribution in [3.63, 3.8) is 0 Å². The van der Waals surface area contributed by atoms with E-state index in [1.54, 1.807) is 6.08 Å². The number of imide groups is 1. The van der Waals surface area contributed by atoms with Gasteiger partial charge in [-0.3, -0.25) is 14.4 Å². The van der Waals surface area contributed by atoms with Gasteiger partial charge in [-0.25, -0.2) is 0 Å². The highest BCUT2D eigenvalue weighted by atomic mass is 16.7. The molecule has 0 N–H and O–H groups in total. The molecule has 1 aromatic carbocycles. The van der Waals surface area contributed by atoms with Crippen LogP contribution in [0.25, 0.3) is 6.08 Å². The third kappa shape index (κ3) is 3.01. The van der Waals surface area contributed by atoms with Gasteiger partial charge in [-0.05, 0) is 5.56 Å². The van der Waals surface area contributed by atoms with E-state index in [1.807, 2.05) is 36.4 Å². The van der Waals surface area contributed by atoms with Crippen molar-refractivity contribution < 1.29 is 14.4 Å². The molecular formula is C13H13NO3. The molecule has 4 heteroatoms. The summed E-state index contributed by atoms with van der Waals surface area (Å²) in [5.74, 6) is -0.522. The maximum absolute atomic E-state index is 11.2. The first-order chi connectivity index (χ1) is 8.27. The Balaban J connectivity index is 1.82. The van der Waals surface area contributed by atoms with Gasteiger partial charge in [-0.15, -0.1) is 0 Å². The molecule has 2 rings (SSSR count). The van der Waals surface area contributed by atoms with Crippen molar-refractivity contribution in [1.82, 2.24) is 5.06 Å². The molecule has 1 aromatic rings. The second kappa shape index (κ2) is 5.41. The number of carbonyl (C=O) groups excluding carboxylic acids is 2. The van der Waals surface area contributed by atoms with Gasteiger partial charge in [-0.2, -0.15) is 5.06 Å². The van der Waals surface area contributed by atoms with Crippen LogP contribution in [0.5, 0.6) is 0 Å². The predicted octanol–water partition coefficient (Wildman–Crippen LogP) is 1.78. The topological polar surface area (TPSA) is 46.6 Å². The van der Waals surface area contributed by atoms with E-state index < -0.39 is 0 Å². The summed E-state index contributed by atoms with van der Waals surface area (Å²) < 4.78 is 0. The third-order valence-corrected chi connectivity index (χ3v) is 2.42. The molecular weight excluding hydrogens is 218 g/mol. The Morgan fingerprint density at radius 2 is 1.76 bits per heavy atom. The van der Waals surface area contributed by atoms with Crippen LogP contribution in [0.2, 0.25) is 0 Å². The summed E-state index contributed by atoms with van der Waals surface area (Å²) in [6.45, 7) is 0.215. The SMILES string of the molecule is O=C1CCC(=O)N1OC/C=C/c1ccccc1. The molecule has 0 spiro atoms. The standard InChI is InChI=1S/C13H13NO3/c15-12-8-9-13(16)14(12)17-10-4-7-11-5-2-1-3-6-11/h1-7H,8-10H2/b7-4+. The number of benzene rings is 1. The fraction of sp³-hybridized carbons (Fsp3) is 0.231. The van der Waals surface area contributed by atoms with Gasteiger partial charge in [-0.1, -0.05) is 42.5 Å². The molecule has 1 fully saturated rings. The maximum Gasteiger partial charge on any atom is 0.254 e. The van der Waals surface area contributed by atoms with E-state index in [0.717, 1.165) is 10.6 Å². The zero-order valence-corrected chi connectivity index (χ0v) is 9.33. The van der Waals surface area contributed by atoms with Gasteiger partial charge in [0.05, 0.1) is 6.61 Å². The molecule has 0 atom stereocenters. The van der Waals surface area contributed by atoms with Gasteiger partial charge in [0, 0.05) is 12.8 Å². The van der Waals surface area contributed by atoms with Crippen molar-refractivity contribution in [2.75, 3.05) is 6.61 Å². The summed E-state index contributed by atoms with van der Waals surface area (Å²) in [4.78, 5) is 27.5. The fourth-order valence-corrected chi connectivity index (χ4v) is 1.57. The lowest BCUT2D eigenvalue weighted by atomic mass is 10.2. The van der Waals surface area contributed by atoms with E-state index in [9.17, 15) is 9.59 Å². The van der Waals surface area contributed by atoms with Crippen LogP contribution in [0.1, 0.15) is 18.4 Å². The van der Waals surface area contributed by atoms with Crippen LogP contribution in [-0.2, 0) is 14.4 Å². The van der Waals surface area contributed by atoms with E-state index in [2.05, 4.69) is 0 Å². The second-order valence-electron chi connectivity index (χ2n) is 3.69. The zero-order valence-electron chi connectivity index (χ0n) is 9.33. The Bertz CT molecular complexity index is 423. The van der Waals surface area contributed by atoms with Crippen molar-refractivity contribution in [2.45, 2.75) is 12.8 Å². The molecule has 1 aliphatic rings. The number of nitrogens with zero attached hydrogens (tertiary/aromatic N) is 1. The zero-order chi connectivity index (χ0) is 12.1. The van der Waals surface area contributed by atoms with Crippen LogP contribution < -0.4 is 0 Å². The molecule has 0 aliphatic carbocycles. The largest absolute Gasteiger partial charge is 0.272 e. The number of hydrogen-bond donors (Lipinski definition) is 0. The van der Waals surface area contributed by atoms with E-state index in [1.165, 1.54) is 0 Å². The number of carbonyl (C=O) groups is 2.